The molecule has 0 amide bonds. The lowest BCUT2D eigenvalue weighted by molar-refractivity contribution is -0.385. The van der Waals surface area contributed by atoms with Crippen molar-refractivity contribution in [3.8, 4) is 5.75 Å². The lowest BCUT2D eigenvalue weighted by atomic mass is 10.1. The molecule has 0 aliphatic carbocycles. The van der Waals surface area contributed by atoms with Gasteiger partial charge in [0.25, 0.3) is 5.69 Å². The van der Waals surface area contributed by atoms with Gasteiger partial charge in [-0.05, 0) is 38.7 Å². The summed E-state index contributed by atoms with van der Waals surface area (Å²) < 4.78 is 13.5. The van der Waals surface area contributed by atoms with Crippen molar-refractivity contribution in [2.45, 2.75) is 57.6 Å². The van der Waals surface area contributed by atoms with E-state index in [0.29, 0.717) is 30.9 Å². The third-order valence-corrected chi connectivity index (χ3v) is 5.90. The zero-order valence-corrected chi connectivity index (χ0v) is 18.8. The Kier molecular flexibility index (Phi) is 7.96. The van der Waals surface area contributed by atoms with Crippen molar-refractivity contribution >= 4 is 23.7 Å². The van der Waals surface area contributed by atoms with Gasteiger partial charge in [0.05, 0.1) is 28.8 Å². The maximum Gasteiger partial charge on any atom is 0.280 e. The molecule has 0 spiro atoms. The quantitative estimate of drug-likeness (QED) is 0.280. The topological polar surface area (TPSA) is 109 Å². The molecule has 0 aliphatic heterocycles. The number of ether oxygens (including phenoxy) is 2. The first kappa shape index (κ1) is 23.8. The van der Waals surface area contributed by atoms with Crippen LogP contribution in [0.15, 0.2) is 24.4 Å². The molecule has 0 atom stereocenters. The second-order valence-electron chi connectivity index (χ2n) is 8.11. The van der Waals surface area contributed by atoms with Gasteiger partial charge in [0.1, 0.15) is 18.1 Å². The molecule has 9 nitrogen and oxygen atoms in total. The number of carbonyl (C=O) groups excluding carboxylic acids is 1. The van der Waals surface area contributed by atoms with E-state index in [4.69, 9.17) is 9.47 Å². The summed E-state index contributed by atoms with van der Waals surface area (Å²) in [5.41, 5.74) is -0.103. The highest BCUT2D eigenvalue weighted by Gasteiger charge is 2.23. The van der Waals surface area contributed by atoms with E-state index in [1.807, 2.05) is 25.6 Å². The van der Waals surface area contributed by atoms with Crippen LogP contribution in [0.2, 0.25) is 0 Å². The van der Waals surface area contributed by atoms with E-state index in [9.17, 15) is 14.9 Å². The third-order valence-electron chi connectivity index (χ3n) is 4.59. The summed E-state index contributed by atoms with van der Waals surface area (Å²) in [5.74, 6) is 0.345. The van der Waals surface area contributed by atoms with Crippen LogP contribution in [0, 0.1) is 10.1 Å². The highest BCUT2D eigenvalue weighted by Crippen LogP contribution is 2.26. The molecule has 2 rings (SSSR count). The predicted octanol–water partition coefficient (Wildman–Crippen LogP) is 3.90. The maximum absolute atomic E-state index is 11.0. The molecule has 10 heteroatoms. The molecule has 0 unspecified atom stereocenters. The summed E-state index contributed by atoms with van der Waals surface area (Å²) >= 11 is 1.82. The molecule has 0 aliphatic rings. The first-order valence-corrected chi connectivity index (χ1v) is 10.7. The molecule has 0 fully saturated rings. The third kappa shape index (κ3) is 7.10. The van der Waals surface area contributed by atoms with Crippen LogP contribution in [0.25, 0.3) is 0 Å². The highest BCUT2D eigenvalue weighted by molar-refractivity contribution is 7.99. The Morgan fingerprint density at radius 3 is 2.67 bits per heavy atom. The fourth-order valence-corrected chi connectivity index (χ4v) is 2.92. The number of hydrogen-bond donors (Lipinski definition) is 0. The van der Waals surface area contributed by atoms with E-state index < -0.39 is 10.5 Å². The molecule has 0 saturated carbocycles. The number of thioether (sulfide) groups is 1. The van der Waals surface area contributed by atoms with Crippen molar-refractivity contribution in [3.63, 3.8) is 0 Å². The molecule has 0 saturated heterocycles. The van der Waals surface area contributed by atoms with Crippen molar-refractivity contribution in [3.05, 3.63) is 45.8 Å². The minimum atomic E-state index is -0.606. The van der Waals surface area contributed by atoms with Gasteiger partial charge < -0.3 is 9.47 Å². The van der Waals surface area contributed by atoms with E-state index in [2.05, 4.69) is 30.4 Å². The normalized spacial score (nSPS) is 12.0. The molecular weight excluding hydrogens is 408 g/mol. The summed E-state index contributed by atoms with van der Waals surface area (Å²) in [7, 11) is 0. The fourth-order valence-electron chi connectivity index (χ4n) is 2.63. The van der Waals surface area contributed by atoms with Crippen molar-refractivity contribution < 1.29 is 19.2 Å². The van der Waals surface area contributed by atoms with E-state index in [1.165, 1.54) is 18.2 Å². The van der Waals surface area contributed by atoms with Crippen LogP contribution in [0.4, 0.5) is 5.69 Å². The Labute approximate surface area is 180 Å². The van der Waals surface area contributed by atoms with Crippen molar-refractivity contribution in [1.29, 1.82) is 0 Å². The van der Waals surface area contributed by atoms with Crippen LogP contribution in [0.3, 0.4) is 0 Å². The molecular formula is C20H28N4O5S. The molecule has 164 valence electrons. The Morgan fingerprint density at radius 2 is 2.03 bits per heavy atom. The van der Waals surface area contributed by atoms with Crippen LogP contribution in [-0.2, 0) is 17.9 Å². The van der Waals surface area contributed by atoms with Gasteiger partial charge in [-0.2, -0.15) is 11.8 Å². The molecule has 1 heterocycles. The largest absolute Gasteiger partial charge is 0.487 e. The van der Waals surface area contributed by atoms with Gasteiger partial charge in [-0.1, -0.05) is 19.1 Å². The van der Waals surface area contributed by atoms with Crippen LogP contribution < -0.4 is 4.74 Å². The van der Waals surface area contributed by atoms with E-state index in [-0.39, 0.29) is 22.6 Å². The lowest BCUT2D eigenvalue weighted by Crippen LogP contribution is -2.32. The molecule has 0 bridgehead atoms. The van der Waals surface area contributed by atoms with Gasteiger partial charge in [-0.15, -0.1) is 5.10 Å². The van der Waals surface area contributed by atoms with E-state index in [1.54, 1.807) is 10.9 Å². The van der Waals surface area contributed by atoms with Crippen LogP contribution in [-0.4, -0.2) is 49.4 Å². The number of nitrogens with zero attached hydrogens (tertiary/aromatic N) is 4. The molecule has 0 radical (unpaired) electrons. The number of nitro groups is 1. The van der Waals surface area contributed by atoms with Crippen molar-refractivity contribution in [2.24, 2.45) is 0 Å². The molecule has 2 aromatic rings. The average Bonchev–Trinajstić information content (AvgIpc) is 3.12. The first-order chi connectivity index (χ1) is 14.0. The summed E-state index contributed by atoms with van der Waals surface area (Å²) in [6.45, 7) is 9.72. The maximum atomic E-state index is 11.0. The Bertz CT molecular complexity index is 882. The van der Waals surface area contributed by atoms with Crippen LogP contribution in [0.5, 0.6) is 5.75 Å². The second-order valence-corrected chi connectivity index (χ2v) is 9.63. The summed E-state index contributed by atoms with van der Waals surface area (Å²) in [6.07, 6.45) is 5.25. The number of carbonyl (C=O) groups is 1. The number of aldehydes is 1. The smallest absolute Gasteiger partial charge is 0.280 e. The van der Waals surface area contributed by atoms with Gasteiger partial charge in [0, 0.05) is 17.4 Å². The fraction of sp³-hybridized carbons (Fsp3) is 0.550. The van der Waals surface area contributed by atoms with Crippen LogP contribution in [0.1, 0.15) is 50.2 Å². The number of aromatic nitrogens is 3. The molecule has 1 aromatic heterocycles. The lowest BCUT2D eigenvalue weighted by Gasteiger charge is -2.28. The van der Waals surface area contributed by atoms with Gasteiger partial charge >= 0.3 is 0 Å². The Hall–Kier alpha value is -2.46. The minimum Gasteiger partial charge on any atom is -0.487 e. The molecule has 30 heavy (non-hydrogen) atoms. The minimum absolute atomic E-state index is 0.0373. The number of hydrogen-bond acceptors (Lipinski definition) is 8. The number of rotatable bonds is 12. The van der Waals surface area contributed by atoms with Gasteiger partial charge in [-0.3, -0.25) is 14.9 Å². The van der Waals surface area contributed by atoms with Crippen LogP contribution >= 0.6 is 11.8 Å². The molecule has 0 N–H and O–H groups in total. The van der Waals surface area contributed by atoms with Gasteiger partial charge in [-0.25, -0.2) is 4.68 Å². The number of benzene rings is 1. The van der Waals surface area contributed by atoms with Crippen molar-refractivity contribution in [1.82, 2.24) is 15.0 Å². The average molecular weight is 437 g/mol. The van der Waals surface area contributed by atoms with Gasteiger partial charge in [0.15, 0.2) is 6.29 Å². The van der Waals surface area contributed by atoms with E-state index >= 15 is 0 Å². The Morgan fingerprint density at radius 1 is 1.30 bits per heavy atom. The Balaban J connectivity index is 1.90. The summed E-state index contributed by atoms with van der Waals surface area (Å²) in [4.78, 5) is 21.3. The predicted molar refractivity (Wildman–Crippen MR) is 115 cm³/mol. The summed E-state index contributed by atoms with van der Waals surface area (Å²) in [6, 6.07) is 4.03. The SMILES string of the molecule is CSC(C)(C)CCOC(C)(C)Cn1cc(COc2ccc([N+](=O)[O-])c(C=O)c2)nn1. The first-order valence-electron chi connectivity index (χ1n) is 9.50. The second kappa shape index (κ2) is 10.0. The van der Waals surface area contributed by atoms with Crippen molar-refractivity contribution in [2.75, 3.05) is 12.9 Å². The zero-order chi connectivity index (χ0) is 22.4. The zero-order valence-electron chi connectivity index (χ0n) is 18.0. The standard InChI is InChI=1S/C20H28N4O5S/c1-19(2,29-9-8-20(3,4)30-5)14-23-11-16(21-22-23)13-28-17-6-7-18(24(26)27)15(10-17)12-25/h6-7,10-12H,8-9,13-14H2,1-5H3. The monoisotopic (exact) mass is 436 g/mol. The van der Waals surface area contributed by atoms with Gasteiger partial charge in [0.2, 0.25) is 0 Å². The summed E-state index contributed by atoms with van der Waals surface area (Å²) in [5, 5.41) is 19.1. The number of nitro benzene ring substituents is 1. The van der Waals surface area contributed by atoms with E-state index in [0.717, 1.165) is 6.42 Å². The highest BCUT2D eigenvalue weighted by atomic mass is 32.2. The molecule has 1 aromatic carbocycles.